The molecule has 3 nitrogen and oxygen atoms in total. The predicted octanol–water partition coefficient (Wildman–Crippen LogP) is 2.05. The molecular weight excluding hydrogens is 184 g/mol. The van der Waals surface area contributed by atoms with Crippen molar-refractivity contribution in [3.05, 3.63) is 16.1 Å². The van der Waals surface area contributed by atoms with Crippen LogP contribution in [0.4, 0.5) is 0 Å². The molecular formula is C9H10N2OS. The van der Waals surface area contributed by atoms with E-state index in [2.05, 4.69) is 11.1 Å². The first-order valence-electron chi connectivity index (χ1n) is 4.24. The molecule has 0 aliphatic carbocycles. The van der Waals surface area contributed by atoms with E-state index in [1.807, 2.05) is 12.3 Å². The lowest BCUT2D eigenvalue weighted by Crippen LogP contribution is -2.05. The van der Waals surface area contributed by atoms with E-state index in [1.165, 1.54) is 0 Å². The molecule has 0 N–H and O–H groups in total. The van der Waals surface area contributed by atoms with Crippen LogP contribution in [0.1, 0.15) is 23.2 Å². The van der Waals surface area contributed by atoms with Crippen LogP contribution in [0, 0.1) is 24.2 Å². The predicted molar refractivity (Wildman–Crippen MR) is 49.3 cm³/mol. The smallest absolute Gasteiger partial charge is 0.116 e. The van der Waals surface area contributed by atoms with Crippen LogP contribution in [0.2, 0.25) is 0 Å². The number of nitriles is 1. The zero-order chi connectivity index (χ0) is 9.26. The standard InChI is InChI=1S/C9H10N2OS/c1-6-11-8(5-13-6)9-7(4-10)2-3-12-9/h5,7,9H,2-3H2,1H3. The molecule has 2 heterocycles. The first-order valence-corrected chi connectivity index (χ1v) is 5.12. The third-order valence-electron chi connectivity index (χ3n) is 2.19. The monoisotopic (exact) mass is 194 g/mol. The highest BCUT2D eigenvalue weighted by Crippen LogP contribution is 2.34. The van der Waals surface area contributed by atoms with Gasteiger partial charge in [-0.25, -0.2) is 4.98 Å². The Bertz CT molecular complexity index is 342. The molecule has 4 heteroatoms. The number of rotatable bonds is 1. The van der Waals surface area contributed by atoms with Gasteiger partial charge in [-0.2, -0.15) is 5.26 Å². The second kappa shape index (κ2) is 3.44. The van der Waals surface area contributed by atoms with Gasteiger partial charge in [0.25, 0.3) is 0 Å². The number of hydrogen-bond acceptors (Lipinski definition) is 4. The van der Waals surface area contributed by atoms with Gasteiger partial charge in [-0.3, -0.25) is 0 Å². The Morgan fingerprint density at radius 1 is 1.77 bits per heavy atom. The van der Waals surface area contributed by atoms with Crippen molar-refractivity contribution in [1.82, 2.24) is 4.98 Å². The maximum Gasteiger partial charge on any atom is 0.116 e. The quantitative estimate of drug-likeness (QED) is 0.687. The minimum absolute atomic E-state index is 0.0125. The second-order valence-electron chi connectivity index (χ2n) is 3.11. The highest BCUT2D eigenvalue weighted by Gasteiger charge is 2.31. The summed E-state index contributed by atoms with van der Waals surface area (Å²) in [5.41, 5.74) is 0.923. The molecule has 0 saturated carbocycles. The molecule has 2 unspecified atom stereocenters. The molecule has 0 aromatic carbocycles. The van der Waals surface area contributed by atoms with Crippen molar-refractivity contribution in [2.75, 3.05) is 6.61 Å². The van der Waals surface area contributed by atoms with Crippen molar-refractivity contribution in [3.8, 4) is 6.07 Å². The third-order valence-corrected chi connectivity index (χ3v) is 2.98. The maximum atomic E-state index is 8.85. The summed E-state index contributed by atoms with van der Waals surface area (Å²) in [6, 6.07) is 2.26. The van der Waals surface area contributed by atoms with Gasteiger partial charge >= 0.3 is 0 Å². The normalized spacial score (nSPS) is 27.4. The molecule has 2 atom stereocenters. The van der Waals surface area contributed by atoms with Crippen LogP contribution in [0.5, 0.6) is 0 Å². The van der Waals surface area contributed by atoms with E-state index >= 15 is 0 Å². The topological polar surface area (TPSA) is 45.9 Å². The summed E-state index contributed by atoms with van der Waals surface area (Å²) in [4.78, 5) is 4.33. The molecule has 1 aliphatic rings. The van der Waals surface area contributed by atoms with Crippen LogP contribution in [0.3, 0.4) is 0 Å². The molecule has 0 bridgehead atoms. The SMILES string of the molecule is Cc1nc(C2OCCC2C#N)cs1. The van der Waals surface area contributed by atoms with Gasteiger partial charge in [0.1, 0.15) is 6.10 Å². The number of ether oxygens (including phenoxy) is 1. The molecule has 0 amide bonds. The van der Waals surface area contributed by atoms with Crippen molar-refractivity contribution in [2.24, 2.45) is 5.92 Å². The molecule has 2 rings (SSSR count). The Balaban J connectivity index is 2.21. The summed E-state index contributed by atoms with van der Waals surface area (Å²) in [6.45, 7) is 2.64. The number of hydrogen-bond donors (Lipinski definition) is 0. The van der Waals surface area contributed by atoms with Crippen molar-refractivity contribution in [1.29, 1.82) is 5.26 Å². The van der Waals surface area contributed by atoms with Gasteiger partial charge in [-0.05, 0) is 13.3 Å². The van der Waals surface area contributed by atoms with Gasteiger partial charge in [0.05, 0.1) is 22.7 Å². The summed E-state index contributed by atoms with van der Waals surface area (Å²) < 4.78 is 5.48. The Kier molecular flexibility index (Phi) is 2.30. The average molecular weight is 194 g/mol. The summed E-state index contributed by atoms with van der Waals surface area (Å²) in [6.07, 6.45) is 0.743. The lowest BCUT2D eigenvalue weighted by Gasteiger charge is -2.08. The van der Waals surface area contributed by atoms with E-state index < -0.39 is 0 Å². The first-order chi connectivity index (χ1) is 6.31. The molecule has 13 heavy (non-hydrogen) atoms. The summed E-state index contributed by atoms with van der Waals surface area (Å²) >= 11 is 1.60. The van der Waals surface area contributed by atoms with E-state index in [-0.39, 0.29) is 12.0 Å². The molecule has 68 valence electrons. The fourth-order valence-corrected chi connectivity index (χ4v) is 2.16. The molecule has 0 radical (unpaired) electrons. The molecule has 1 fully saturated rings. The molecule has 1 saturated heterocycles. The van der Waals surface area contributed by atoms with E-state index in [0.29, 0.717) is 6.61 Å². The van der Waals surface area contributed by atoms with Crippen LogP contribution in [-0.4, -0.2) is 11.6 Å². The van der Waals surface area contributed by atoms with Gasteiger partial charge in [0.2, 0.25) is 0 Å². The van der Waals surface area contributed by atoms with E-state index in [4.69, 9.17) is 10.00 Å². The van der Waals surface area contributed by atoms with Gasteiger partial charge in [-0.15, -0.1) is 11.3 Å². The minimum atomic E-state index is -0.0880. The van der Waals surface area contributed by atoms with Crippen LogP contribution < -0.4 is 0 Å². The van der Waals surface area contributed by atoms with E-state index in [1.54, 1.807) is 11.3 Å². The lowest BCUT2D eigenvalue weighted by molar-refractivity contribution is 0.0977. The Labute approximate surface area is 81.0 Å². The fraction of sp³-hybridized carbons (Fsp3) is 0.556. The first kappa shape index (κ1) is 8.67. The summed E-state index contributed by atoms with van der Waals surface area (Å²) in [7, 11) is 0. The zero-order valence-electron chi connectivity index (χ0n) is 7.36. The third kappa shape index (κ3) is 1.58. The van der Waals surface area contributed by atoms with Crippen LogP contribution >= 0.6 is 11.3 Å². The molecule has 0 spiro atoms. The summed E-state index contributed by atoms with van der Waals surface area (Å²) in [5.74, 6) is -0.0125. The maximum absolute atomic E-state index is 8.85. The molecule has 1 aromatic rings. The number of nitrogens with zero attached hydrogens (tertiary/aromatic N) is 2. The van der Waals surface area contributed by atoms with E-state index in [0.717, 1.165) is 17.1 Å². The zero-order valence-corrected chi connectivity index (χ0v) is 8.17. The number of thiazole rings is 1. The van der Waals surface area contributed by atoms with Gasteiger partial charge < -0.3 is 4.74 Å². The minimum Gasteiger partial charge on any atom is -0.370 e. The van der Waals surface area contributed by atoms with Crippen molar-refractivity contribution >= 4 is 11.3 Å². The van der Waals surface area contributed by atoms with Gasteiger partial charge in [0.15, 0.2) is 0 Å². The summed E-state index contributed by atoms with van der Waals surface area (Å²) in [5, 5.41) is 11.9. The molecule has 1 aromatic heterocycles. The van der Waals surface area contributed by atoms with Crippen LogP contribution in [0.25, 0.3) is 0 Å². The Morgan fingerprint density at radius 2 is 2.62 bits per heavy atom. The number of aryl methyl sites for hydroxylation is 1. The largest absolute Gasteiger partial charge is 0.370 e. The Morgan fingerprint density at radius 3 is 3.23 bits per heavy atom. The van der Waals surface area contributed by atoms with Crippen LogP contribution in [-0.2, 0) is 4.74 Å². The fourth-order valence-electron chi connectivity index (χ4n) is 1.52. The van der Waals surface area contributed by atoms with E-state index in [9.17, 15) is 0 Å². The van der Waals surface area contributed by atoms with Gasteiger partial charge in [0, 0.05) is 12.0 Å². The van der Waals surface area contributed by atoms with Crippen molar-refractivity contribution in [2.45, 2.75) is 19.4 Å². The molecule has 1 aliphatic heterocycles. The van der Waals surface area contributed by atoms with Crippen LogP contribution in [0.15, 0.2) is 5.38 Å². The lowest BCUT2D eigenvalue weighted by atomic mass is 10.0. The van der Waals surface area contributed by atoms with Crippen molar-refractivity contribution in [3.63, 3.8) is 0 Å². The van der Waals surface area contributed by atoms with Gasteiger partial charge in [-0.1, -0.05) is 0 Å². The van der Waals surface area contributed by atoms with Crippen molar-refractivity contribution < 1.29 is 4.74 Å². The average Bonchev–Trinajstić information content (AvgIpc) is 2.71. The number of aromatic nitrogens is 1. The second-order valence-corrected chi connectivity index (χ2v) is 4.17. The Hall–Kier alpha value is -0.920. The highest BCUT2D eigenvalue weighted by atomic mass is 32.1. The highest BCUT2D eigenvalue weighted by molar-refractivity contribution is 7.09.